The number of aromatic nitrogens is 1. The fourth-order valence-electron chi connectivity index (χ4n) is 10.7. The molecule has 4 atom stereocenters. The summed E-state index contributed by atoms with van der Waals surface area (Å²) in [5, 5.41) is 68.6. The monoisotopic (exact) mass is 1360 g/mol. The number of unbranched alkanes of at least 4 members (excludes halogenated alkanes) is 2. The molecular weight excluding hydrogens is 1270 g/mol. The standard InChI is InChI=1S/C64H91N13O18S/c1-2-8-54(78)67-20-5-4-11-52(63(90)91)73-62(89)51(10-3-6-21-69-64(96)71-45-14-12-44(13-15-45)35-47-39-75(41-59(84)85)26-25-74(40-58(82)83)27-28-76(47)42-60(86)87)72-55(79)19-29-92-31-33-94-34-32-93-30-23-68-56(80)43-95-48-16-17-49-50(18-22-66-53(49)36-48)61(88)70-38-57(81)77-24-7-9-46(77)37-65/h12-18,22,36,46-47,51-52H,2-11,19-21,23-35,38-43H2,1H3,(H,67,78)(H,68,80)(H,70,88)(H,72,79)(H,73,89)(H,82,83)(H,84,85)(H,86,87)(H,90,91)(H2,69,71,96)/t46-,47?,51-,52-/m0/s1. The zero-order valence-electron chi connectivity index (χ0n) is 54.2. The maximum atomic E-state index is 13.7. The number of nitrogens with one attached hydrogen (secondary N) is 7. The first kappa shape index (κ1) is 78.0. The summed E-state index contributed by atoms with van der Waals surface area (Å²) in [4.78, 5) is 135. The molecule has 3 aromatic rings. The van der Waals surface area contributed by atoms with Crippen LogP contribution in [0.3, 0.4) is 0 Å². The lowest BCUT2D eigenvalue weighted by Gasteiger charge is -2.33. The van der Waals surface area contributed by atoms with Crippen LogP contribution in [-0.4, -0.2) is 265 Å². The molecule has 2 fully saturated rings. The molecule has 96 heavy (non-hydrogen) atoms. The Hall–Kier alpha value is -8.71. The third-order valence-corrected chi connectivity index (χ3v) is 15.8. The van der Waals surface area contributed by atoms with Crippen molar-refractivity contribution < 1.29 is 87.3 Å². The Bertz CT molecular complexity index is 3100. The van der Waals surface area contributed by atoms with Crippen LogP contribution in [0.15, 0.2) is 54.7 Å². The SMILES string of the molecule is CCCC(=O)NCCCC[C@H](NC(=O)[C@H](CCCCNC(=S)Nc1ccc(CC2CN(CC(=O)O)CCN(CC(=O)O)CCN2CC(=O)O)cc1)NC(=O)CCOCCOCCOCCNC(=O)COc1ccc2c(C(=O)NCC(=O)N3CCC[C@H]3C#N)ccnc2c1)C(=O)O. The Labute approximate surface area is 562 Å². The molecule has 2 aromatic carbocycles. The molecule has 6 amide bonds. The topological polar surface area (TPSA) is 422 Å². The number of benzene rings is 2. The molecule has 2 aliphatic rings. The number of carboxylic acid groups (broad SMARTS) is 4. The molecule has 31 nitrogen and oxygen atoms in total. The van der Waals surface area contributed by atoms with Gasteiger partial charge in [-0.15, -0.1) is 0 Å². The molecule has 0 aliphatic carbocycles. The van der Waals surface area contributed by atoms with Gasteiger partial charge in [0.2, 0.25) is 23.6 Å². The lowest BCUT2D eigenvalue weighted by Crippen LogP contribution is -2.51. The summed E-state index contributed by atoms with van der Waals surface area (Å²) in [6.45, 7) is 4.18. The van der Waals surface area contributed by atoms with Crippen LogP contribution in [0.1, 0.15) is 93.5 Å². The predicted molar refractivity (Wildman–Crippen MR) is 353 cm³/mol. The van der Waals surface area contributed by atoms with Gasteiger partial charge in [-0.05, 0) is 112 Å². The maximum absolute atomic E-state index is 13.7. The normalized spacial score (nSPS) is 15.9. The number of hydrogen-bond donors (Lipinski definition) is 11. The van der Waals surface area contributed by atoms with Gasteiger partial charge in [0.1, 0.15) is 23.9 Å². The van der Waals surface area contributed by atoms with Crippen molar-refractivity contribution in [2.45, 2.75) is 108 Å². The molecule has 0 bridgehead atoms. The summed E-state index contributed by atoms with van der Waals surface area (Å²) in [6.07, 6.45) is 6.19. The van der Waals surface area contributed by atoms with Gasteiger partial charge >= 0.3 is 23.9 Å². The van der Waals surface area contributed by atoms with E-state index in [0.717, 1.165) is 12.0 Å². The van der Waals surface area contributed by atoms with Crippen LogP contribution in [0.5, 0.6) is 5.75 Å². The molecular formula is C64H91N13O18S. The van der Waals surface area contributed by atoms with Crippen molar-refractivity contribution in [2.75, 3.05) is 137 Å². The fourth-order valence-corrected chi connectivity index (χ4v) is 10.9. The van der Waals surface area contributed by atoms with E-state index in [2.05, 4.69) is 48.3 Å². The summed E-state index contributed by atoms with van der Waals surface area (Å²) in [6, 6.07) is 12.5. The molecule has 1 unspecified atom stereocenters. The highest BCUT2D eigenvalue weighted by Gasteiger charge is 2.31. The Morgan fingerprint density at radius 2 is 1.32 bits per heavy atom. The summed E-state index contributed by atoms with van der Waals surface area (Å²) in [7, 11) is 0. The number of fused-ring (bicyclic) bond motifs is 1. The quantitative estimate of drug-likeness (QED) is 0.0276. The number of nitrogens with zero attached hydrogens (tertiary/aromatic N) is 6. The first-order valence-corrected chi connectivity index (χ1v) is 32.7. The van der Waals surface area contributed by atoms with Crippen molar-refractivity contribution in [3.05, 3.63) is 65.9 Å². The fraction of sp³-hybridized carbons (Fsp3) is 0.578. The minimum atomic E-state index is -1.25. The summed E-state index contributed by atoms with van der Waals surface area (Å²) in [5.41, 5.74) is 2.23. The summed E-state index contributed by atoms with van der Waals surface area (Å²) < 4.78 is 22.3. The van der Waals surface area contributed by atoms with E-state index in [4.69, 9.17) is 31.2 Å². The summed E-state index contributed by atoms with van der Waals surface area (Å²) >= 11 is 5.55. The van der Waals surface area contributed by atoms with E-state index < -0.39 is 71.7 Å². The van der Waals surface area contributed by atoms with Gasteiger partial charge in [-0.1, -0.05) is 19.1 Å². The first-order chi connectivity index (χ1) is 46.2. The second kappa shape index (κ2) is 43.4. The molecule has 2 saturated heterocycles. The number of rotatable bonds is 43. The molecule has 1 aromatic heterocycles. The van der Waals surface area contributed by atoms with Gasteiger partial charge in [0.25, 0.3) is 11.8 Å². The summed E-state index contributed by atoms with van der Waals surface area (Å²) in [5.74, 6) is -6.54. The van der Waals surface area contributed by atoms with Crippen LogP contribution in [0, 0.1) is 11.3 Å². The van der Waals surface area contributed by atoms with Crippen LogP contribution in [0.2, 0.25) is 0 Å². The molecule has 3 heterocycles. The van der Waals surface area contributed by atoms with Gasteiger partial charge < -0.3 is 81.5 Å². The van der Waals surface area contributed by atoms with E-state index in [1.165, 1.54) is 17.2 Å². The number of hydrogen-bond acceptors (Lipinski definition) is 20. The Morgan fingerprint density at radius 3 is 2.01 bits per heavy atom. The van der Waals surface area contributed by atoms with Crippen molar-refractivity contribution in [1.82, 2.24) is 56.5 Å². The second-order valence-corrected chi connectivity index (χ2v) is 23.4. The third kappa shape index (κ3) is 29.9. The number of anilines is 1. The van der Waals surface area contributed by atoms with E-state index in [1.807, 2.05) is 19.1 Å². The number of carboxylic acids is 4. The number of thiocarbonyl (C=S) groups is 1. The third-order valence-electron chi connectivity index (χ3n) is 15.6. The minimum Gasteiger partial charge on any atom is -0.484 e. The van der Waals surface area contributed by atoms with Gasteiger partial charge in [-0.25, -0.2) is 4.79 Å². The molecule has 32 heteroatoms. The highest BCUT2D eigenvalue weighted by molar-refractivity contribution is 7.80. The molecule has 526 valence electrons. The van der Waals surface area contributed by atoms with Gasteiger partial charge in [-0.2, -0.15) is 5.26 Å². The lowest BCUT2D eigenvalue weighted by atomic mass is 10.0. The Morgan fingerprint density at radius 1 is 0.677 bits per heavy atom. The highest BCUT2D eigenvalue weighted by atomic mass is 32.1. The lowest BCUT2D eigenvalue weighted by molar-refractivity contribution is -0.142. The second-order valence-electron chi connectivity index (χ2n) is 23.0. The number of ether oxygens (including phenoxy) is 4. The van der Waals surface area contributed by atoms with Gasteiger partial charge in [0.15, 0.2) is 11.7 Å². The number of carbonyl (C=O) groups excluding carboxylic acids is 6. The molecule has 0 saturated carbocycles. The Balaban J connectivity index is 0.990. The highest BCUT2D eigenvalue weighted by Crippen LogP contribution is 2.23. The van der Waals surface area contributed by atoms with E-state index in [1.54, 1.807) is 45.0 Å². The number of amides is 6. The van der Waals surface area contributed by atoms with E-state index >= 15 is 0 Å². The van der Waals surface area contributed by atoms with Gasteiger partial charge in [0, 0.05) is 101 Å². The average molecular weight is 1360 g/mol. The van der Waals surface area contributed by atoms with E-state index in [0.29, 0.717) is 111 Å². The molecule has 0 radical (unpaired) electrons. The Kier molecular flexibility index (Phi) is 35.2. The minimum absolute atomic E-state index is 0.00395. The zero-order valence-corrected chi connectivity index (χ0v) is 55.0. The zero-order chi connectivity index (χ0) is 69.6. The van der Waals surface area contributed by atoms with Crippen LogP contribution in [0.25, 0.3) is 10.9 Å². The van der Waals surface area contributed by atoms with Crippen molar-refractivity contribution in [2.24, 2.45) is 0 Å². The maximum Gasteiger partial charge on any atom is 0.326 e. The molecule has 11 N–H and O–H groups in total. The van der Waals surface area contributed by atoms with Crippen LogP contribution in [0.4, 0.5) is 5.69 Å². The van der Waals surface area contributed by atoms with Gasteiger partial charge in [0.05, 0.1) is 83.0 Å². The average Bonchev–Trinajstić information content (AvgIpc) is 1.12. The van der Waals surface area contributed by atoms with Crippen molar-refractivity contribution >= 4 is 93.2 Å². The van der Waals surface area contributed by atoms with Crippen molar-refractivity contribution in [1.29, 1.82) is 5.26 Å². The van der Waals surface area contributed by atoms with Crippen molar-refractivity contribution in [3.8, 4) is 11.8 Å². The predicted octanol–water partition coefficient (Wildman–Crippen LogP) is 0.796. The van der Waals surface area contributed by atoms with Crippen LogP contribution < -0.4 is 42.0 Å². The number of aliphatic carboxylic acids is 4. The van der Waals surface area contributed by atoms with Gasteiger partial charge in [-0.3, -0.25) is 62.8 Å². The van der Waals surface area contributed by atoms with Crippen molar-refractivity contribution in [3.63, 3.8) is 0 Å². The molecule has 0 spiro atoms. The number of carbonyl (C=O) groups is 10. The van der Waals surface area contributed by atoms with Crippen LogP contribution in [-0.2, 0) is 63.8 Å². The van der Waals surface area contributed by atoms with Crippen LogP contribution >= 0.6 is 12.2 Å². The van der Waals surface area contributed by atoms with E-state index in [9.17, 15) is 73.6 Å². The number of nitriles is 1. The number of pyridine rings is 1. The smallest absolute Gasteiger partial charge is 0.326 e. The molecule has 5 rings (SSSR count). The largest absolute Gasteiger partial charge is 0.484 e. The molecule has 2 aliphatic heterocycles. The number of likely N-dealkylation sites (tertiary alicyclic amines) is 1. The van der Waals surface area contributed by atoms with E-state index in [-0.39, 0.29) is 136 Å². The first-order valence-electron chi connectivity index (χ1n) is 32.3.